The Kier molecular flexibility index (Phi) is 4.90. The van der Waals surface area contributed by atoms with E-state index in [0.717, 1.165) is 5.56 Å². The van der Waals surface area contributed by atoms with Gasteiger partial charge in [-0.15, -0.1) is 0 Å². The molecule has 3 N–H and O–H groups in total. The van der Waals surface area contributed by atoms with E-state index in [1.807, 2.05) is 12.1 Å². The lowest BCUT2D eigenvalue weighted by Gasteiger charge is -2.08. The molecule has 2 aromatic rings. The van der Waals surface area contributed by atoms with E-state index in [9.17, 15) is 14.3 Å². The Morgan fingerprint density at radius 1 is 1.14 bits per heavy atom. The smallest absolute Gasteiger partial charge is 0.251 e. The summed E-state index contributed by atoms with van der Waals surface area (Å²) >= 11 is 0. The third-order valence-electron chi connectivity index (χ3n) is 3.16. The third kappa shape index (κ3) is 3.79. The van der Waals surface area contributed by atoms with E-state index in [1.54, 1.807) is 31.3 Å². The van der Waals surface area contributed by atoms with Crippen molar-refractivity contribution in [3.8, 4) is 5.75 Å². The van der Waals surface area contributed by atoms with Crippen LogP contribution in [0.1, 0.15) is 21.5 Å². The van der Waals surface area contributed by atoms with Crippen molar-refractivity contribution in [1.82, 2.24) is 10.6 Å². The van der Waals surface area contributed by atoms with Gasteiger partial charge in [-0.1, -0.05) is 24.3 Å². The molecule has 4 nitrogen and oxygen atoms in total. The predicted octanol–water partition coefficient (Wildman–Crippen LogP) is 2.18. The molecule has 1 amide bonds. The maximum absolute atomic E-state index is 13.2. The van der Waals surface area contributed by atoms with Gasteiger partial charge in [0.25, 0.3) is 5.91 Å². The van der Waals surface area contributed by atoms with Crippen molar-refractivity contribution in [2.45, 2.75) is 13.1 Å². The first-order valence-electron chi connectivity index (χ1n) is 6.60. The Bertz CT molecular complexity index is 627. The number of halogens is 1. The zero-order chi connectivity index (χ0) is 15.2. The van der Waals surface area contributed by atoms with Crippen molar-refractivity contribution in [3.63, 3.8) is 0 Å². The summed E-state index contributed by atoms with van der Waals surface area (Å²) in [6.45, 7) is 0.921. The molecule has 0 aliphatic rings. The summed E-state index contributed by atoms with van der Waals surface area (Å²) in [7, 11) is 1.59. The lowest BCUT2D eigenvalue weighted by Crippen LogP contribution is -2.18. The first-order valence-corrected chi connectivity index (χ1v) is 6.60. The van der Waals surface area contributed by atoms with E-state index in [0.29, 0.717) is 24.2 Å². The number of carbonyl (C=O) groups excluding carboxylic acids is 1. The first-order chi connectivity index (χ1) is 10.1. The van der Waals surface area contributed by atoms with Gasteiger partial charge in [-0.2, -0.15) is 0 Å². The molecule has 0 aromatic heterocycles. The van der Waals surface area contributed by atoms with Gasteiger partial charge in [0.05, 0.1) is 0 Å². The highest BCUT2D eigenvalue weighted by atomic mass is 19.1. The average Bonchev–Trinajstić information content (AvgIpc) is 2.51. The van der Waals surface area contributed by atoms with Gasteiger partial charge in [0.15, 0.2) is 11.6 Å². The second-order valence-corrected chi connectivity index (χ2v) is 4.63. The minimum absolute atomic E-state index is 0.126. The number of hydrogen-bond acceptors (Lipinski definition) is 3. The van der Waals surface area contributed by atoms with Gasteiger partial charge in [-0.25, -0.2) is 4.39 Å². The third-order valence-corrected chi connectivity index (χ3v) is 3.16. The van der Waals surface area contributed by atoms with E-state index in [1.165, 1.54) is 6.07 Å². The fourth-order valence-corrected chi connectivity index (χ4v) is 1.96. The van der Waals surface area contributed by atoms with Gasteiger partial charge < -0.3 is 15.7 Å². The SMILES string of the molecule is CNC(=O)c1ccc(CNCc2cccc(F)c2O)cc1. The van der Waals surface area contributed by atoms with Gasteiger partial charge in [0.1, 0.15) is 0 Å². The summed E-state index contributed by atoms with van der Waals surface area (Å²) in [6, 6.07) is 11.6. The second-order valence-electron chi connectivity index (χ2n) is 4.63. The van der Waals surface area contributed by atoms with Crippen molar-refractivity contribution >= 4 is 5.91 Å². The zero-order valence-electron chi connectivity index (χ0n) is 11.7. The Morgan fingerprint density at radius 2 is 1.86 bits per heavy atom. The molecule has 2 aromatic carbocycles. The van der Waals surface area contributed by atoms with Crippen LogP contribution in [0.2, 0.25) is 0 Å². The summed E-state index contributed by atoms with van der Waals surface area (Å²) in [6.07, 6.45) is 0. The summed E-state index contributed by atoms with van der Waals surface area (Å²) in [5.41, 5.74) is 2.11. The van der Waals surface area contributed by atoms with Gasteiger partial charge in [-0.05, 0) is 23.8 Å². The number of rotatable bonds is 5. The van der Waals surface area contributed by atoms with Crippen molar-refractivity contribution in [2.24, 2.45) is 0 Å². The molecule has 5 heteroatoms. The number of hydrogen-bond donors (Lipinski definition) is 3. The van der Waals surface area contributed by atoms with E-state index >= 15 is 0 Å². The second kappa shape index (κ2) is 6.85. The van der Waals surface area contributed by atoms with Crippen LogP contribution >= 0.6 is 0 Å². The number of phenols is 1. The van der Waals surface area contributed by atoms with E-state index in [4.69, 9.17) is 0 Å². The van der Waals surface area contributed by atoms with E-state index in [-0.39, 0.29) is 11.7 Å². The lowest BCUT2D eigenvalue weighted by atomic mass is 10.1. The molecule has 0 spiro atoms. The minimum atomic E-state index is -0.621. The minimum Gasteiger partial charge on any atom is -0.505 e. The number of carbonyl (C=O) groups is 1. The quantitative estimate of drug-likeness (QED) is 0.790. The lowest BCUT2D eigenvalue weighted by molar-refractivity contribution is 0.0963. The molecule has 0 fully saturated rings. The Labute approximate surface area is 122 Å². The van der Waals surface area contributed by atoms with Crippen molar-refractivity contribution in [2.75, 3.05) is 7.05 Å². The molecule has 0 saturated carbocycles. The van der Waals surface area contributed by atoms with Gasteiger partial charge in [0, 0.05) is 31.3 Å². The van der Waals surface area contributed by atoms with Crippen LogP contribution in [0.3, 0.4) is 0 Å². The number of phenolic OH excluding ortho intramolecular Hbond substituents is 1. The molecule has 0 aliphatic heterocycles. The molecule has 0 bridgehead atoms. The van der Waals surface area contributed by atoms with Crippen LogP contribution in [0.5, 0.6) is 5.75 Å². The molecule has 0 unspecified atom stereocenters. The number of nitrogens with one attached hydrogen (secondary N) is 2. The van der Waals surface area contributed by atoms with Crippen LogP contribution in [0.15, 0.2) is 42.5 Å². The number of benzene rings is 2. The molecule has 2 rings (SSSR count). The van der Waals surface area contributed by atoms with Crippen LogP contribution in [-0.2, 0) is 13.1 Å². The largest absolute Gasteiger partial charge is 0.505 e. The Balaban J connectivity index is 1.91. The highest BCUT2D eigenvalue weighted by Crippen LogP contribution is 2.20. The number of amides is 1. The first kappa shape index (κ1) is 15.0. The van der Waals surface area contributed by atoms with Crippen molar-refractivity contribution in [3.05, 3.63) is 65.0 Å². The molecule has 0 aliphatic carbocycles. The fraction of sp³-hybridized carbons (Fsp3) is 0.188. The summed E-state index contributed by atoms with van der Waals surface area (Å²) in [5.74, 6) is -1.07. The Morgan fingerprint density at radius 3 is 2.52 bits per heavy atom. The van der Waals surface area contributed by atoms with Crippen LogP contribution in [0.4, 0.5) is 4.39 Å². The fourth-order valence-electron chi connectivity index (χ4n) is 1.96. The maximum Gasteiger partial charge on any atom is 0.251 e. The highest BCUT2D eigenvalue weighted by Gasteiger charge is 2.06. The van der Waals surface area contributed by atoms with E-state index < -0.39 is 5.82 Å². The molecule has 0 radical (unpaired) electrons. The van der Waals surface area contributed by atoms with Crippen LogP contribution < -0.4 is 10.6 Å². The number of para-hydroxylation sites is 1. The number of aromatic hydroxyl groups is 1. The summed E-state index contributed by atoms with van der Waals surface area (Å²) in [5, 5.41) is 15.2. The molecule has 110 valence electrons. The standard InChI is InChI=1S/C16H17FN2O2/c1-18-16(21)12-7-5-11(6-8-12)9-19-10-13-3-2-4-14(17)15(13)20/h2-8,19-20H,9-10H2,1H3,(H,18,21). The van der Waals surface area contributed by atoms with Crippen LogP contribution in [0, 0.1) is 5.82 Å². The average molecular weight is 288 g/mol. The topological polar surface area (TPSA) is 61.4 Å². The predicted molar refractivity (Wildman–Crippen MR) is 78.4 cm³/mol. The van der Waals surface area contributed by atoms with E-state index in [2.05, 4.69) is 10.6 Å². The van der Waals surface area contributed by atoms with Crippen molar-refractivity contribution in [1.29, 1.82) is 0 Å². The zero-order valence-corrected chi connectivity index (χ0v) is 11.7. The summed E-state index contributed by atoms with van der Waals surface area (Å²) < 4.78 is 13.2. The summed E-state index contributed by atoms with van der Waals surface area (Å²) in [4.78, 5) is 11.4. The van der Waals surface area contributed by atoms with Gasteiger partial charge in [-0.3, -0.25) is 4.79 Å². The maximum atomic E-state index is 13.2. The highest BCUT2D eigenvalue weighted by molar-refractivity contribution is 5.93. The molecule has 21 heavy (non-hydrogen) atoms. The van der Waals surface area contributed by atoms with Crippen LogP contribution in [0.25, 0.3) is 0 Å². The molecule has 0 atom stereocenters. The molecular weight excluding hydrogens is 271 g/mol. The normalized spacial score (nSPS) is 10.4. The molecular formula is C16H17FN2O2. The molecule has 0 heterocycles. The van der Waals surface area contributed by atoms with Crippen molar-refractivity contribution < 1.29 is 14.3 Å². The van der Waals surface area contributed by atoms with Gasteiger partial charge in [0.2, 0.25) is 0 Å². The monoisotopic (exact) mass is 288 g/mol. The van der Waals surface area contributed by atoms with Crippen LogP contribution in [-0.4, -0.2) is 18.1 Å². The van der Waals surface area contributed by atoms with Gasteiger partial charge >= 0.3 is 0 Å². The Hall–Kier alpha value is -2.40. The molecule has 0 saturated heterocycles.